The molecular weight excluding hydrogens is 270 g/mol. The van der Waals surface area contributed by atoms with Gasteiger partial charge >= 0.3 is 0 Å². The lowest BCUT2D eigenvalue weighted by atomic mass is 10.0. The second-order valence-corrected chi connectivity index (χ2v) is 6.60. The molecule has 4 heteroatoms. The third kappa shape index (κ3) is 2.86. The first kappa shape index (κ1) is 15.0. The number of pyridine rings is 1. The van der Waals surface area contributed by atoms with Crippen molar-refractivity contribution in [2.75, 3.05) is 7.11 Å². The summed E-state index contributed by atoms with van der Waals surface area (Å²) in [6.45, 7) is 8.08. The maximum absolute atomic E-state index is 10.5. The highest BCUT2D eigenvalue weighted by Crippen LogP contribution is 2.31. The van der Waals surface area contributed by atoms with E-state index in [0.717, 1.165) is 28.1 Å². The van der Waals surface area contributed by atoms with E-state index < -0.39 is 6.10 Å². The summed E-state index contributed by atoms with van der Waals surface area (Å²) in [5.74, 6) is 0.862. The molecule has 0 fully saturated rings. The number of aromatic nitrogens is 1. The third-order valence-electron chi connectivity index (χ3n) is 3.57. The van der Waals surface area contributed by atoms with Gasteiger partial charge in [0, 0.05) is 39.2 Å². The van der Waals surface area contributed by atoms with Gasteiger partial charge in [-0.2, -0.15) is 0 Å². The molecule has 0 aromatic carbocycles. The fourth-order valence-corrected chi connectivity index (χ4v) is 3.53. The van der Waals surface area contributed by atoms with Gasteiger partial charge in [-0.3, -0.25) is 4.98 Å². The number of rotatable bonds is 4. The number of hydrogen-bond acceptors (Lipinski definition) is 4. The van der Waals surface area contributed by atoms with Gasteiger partial charge in [0.15, 0.2) is 0 Å². The van der Waals surface area contributed by atoms with Gasteiger partial charge in [-0.15, -0.1) is 11.3 Å². The Labute approximate surface area is 124 Å². The molecular formula is C16H21NO2S. The van der Waals surface area contributed by atoms with Crippen LogP contribution in [0.5, 0.6) is 5.75 Å². The molecule has 0 aliphatic heterocycles. The van der Waals surface area contributed by atoms with Gasteiger partial charge < -0.3 is 9.84 Å². The second kappa shape index (κ2) is 5.94. The van der Waals surface area contributed by atoms with E-state index in [2.05, 4.69) is 18.0 Å². The summed E-state index contributed by atoms with van der Waals surface area (Å²) in [5.41, 5.74) is 3.93. The highest BCUT2D eigenvalue weighted by Gasteiger charge is 2.17. The van der Waals surface area contributed by atoms with E-state index in [1.807, 2.05) is 20.8 Å². The first-order chi connectivity index (χ1) is 9.43. The normalized spacial score (nSPS) is 12.5. The number of aliphatic hydroxyl groups is 1. The van der Waals surface area contributed by atoms with Crippen LogP contribution in [-0.4, -0.2) is 17.2 Å². The van der Waals surface area contributed by atoms with Crippen LogP contribution in [0, 0.1) is 27.7 Å². The van der Waals surface area contributed by atoms with Crippen molar-refractivity contribution < 1.29 is 9.84 Å². The Kier molecular flexibility index (Phi) is 4.45. The van der Waals surface area contributed by atoms with Crippen LogP contribution < -0.4 is 4.74 Å². The van der Waals surface area contributed by atoms with Crippen LogP contribution >= 0.6 is 11.3 Å². The predicted octanol–water partition coefficient (Wildman–Crippen LogP) is 3.66. The van der Waals surface area contributed by atoms with Crippen LogP contribution in [-0.2, 0) is 6.42 Å². The molecule has 0 aliphatic rings. The number of aryl methyl sites for hydroxylation is 3. The maximum atomic E-state index is 10.5. The van der Waals surface area contributed by atoms with E-state index in [4.69, 9.17) is 4.74 Å². The lowest BCUT2D eigenvalue weighted by Gasteiger charge is -2.15. The van der Waals surface area contributed by atoms with E-state index in [1.165, 1.54) is 9.75 Å². The van der Waals surface area contributed by atoms with E-state index in [0.29, 0.717) is 6.42 Å². The van der Waals surface area contributed by atoms with Gasteiger partial charge in [-0.05, 0) is 39.3 Å². The van der Waals surface area contributed by atoms with Gasteiger partial charge in [0.2, 0.25) is 0 Å². The topological polar surface area (TPSA) is 42.4 Å². The summed E-state index contributed by atoms with van der Waals surface area (Å²) in [4.78, 5) is 6.85. The minimum absolute atomic E-state index is 0.513. The second-order valence-electron chi connectivity index (χ2n) is 5.13. The summed E-state index contributed by atoms with van der Waals surface area (Å²) < 4.78 is 5.41. The summed E-state index contributed by atoms with van der Waals surface area (Å²) in [6.07, 6.45) is 1.80. The molecule has 0 bridgehead atoms. The molecule has 1 unspecified atom stereocenters. The van der Waals surface area contributed by atoms with Crippen molar-refractivity contribution in [3.8, 4) is 5.75 Å². The minimum atomic E-state index is -0.515. The molecule has 3 nitrogen and oxygen atoms in total. The highest BCUT2D eigenvalue weighted by molar-refractivity contribution is 7.12. The largest absolute Gasteiger partial charge is 0.496 e. The van der Waals surface area contributed by atoms with Gasteiger partial charge in [0.25, 0.3) is 0 Å². The number of ether oxygens (including phenoxy) is 1. The smallest absolute Gasteiger partial charge is 0.128 e. The zero-order valence-electron chi connectivity index (χ0n) is 12.7. The zero-order valence-corrected chi connectivity index (χ0v) is 13.5. The SMILES string of the molecule is COc1c(C)cnc(CC(O)c2cc(C)sc2C)c1C. The molecule has 20 heavy (non-hydrogen) atoms. The maximum Gasteiger partial charge on any atom is 0.128 e. The zero-order chi connectivity index (χ0) is 14.9. The lowest BCUT2D eigenvalue weighted by Crippen LogP contribution is -2.07. The summed E-state index contributed by atoms with van der Waals surface area (Å²) in [6, 6.07) is 2.06. The Hall–Kier alpha value is -1.39. The molecule has 0 saturated carbocycles. The lowest BCUT2D eigenvalue weighted by molar-refractivity contribution is 0.176. The van der Waals surface area contributed by atoms with Gasteiger partial charge in [0.1, 0.15) is 5.75 Å². The van der Waals surface area contributed by atoms with Crippen molar-refractivity contribution in [1.82, 2.24) is 4.98 Å². The molecule has 2 aromatic rings. The van der Waals surface area contributed by atoms with Crippen molar-refractivity contribution in [3.05, 3.63) is 44.4 Å². The van der Waals surface area contributed by atoms with Gasteiger partial charge in [-0.25, -0.2) is 0 Å². The standard InChI is InChI=1S/C16H21NO2S/c1-9-8-17-14(11(3)16(9)19-5)7-15(18)13-6-10(2)20-12(13)4/h6,8,15,18H,7H2,1-5H3. The Morgan fingerprint density at radius 3 is 2.55 bits per heavy atom. The first-order valence-electron chi connectivity index (χ1n) is 6.68. The van der Waals surface area contributed by atoms with E-state index >= 15 is 0 Å². The first-order valence-corrected chi connectivity index (χ1v) is 7.49. The average Bonchev–Trinajstić information content (AvgIpc) is 2.73. The Balaban J connectivity index is 2.28. The fourth-order valence-electron chi connectivity index (χ4n) is 2.55. The minimum Gasteiger partial charge on any atom is -0.496 e. The van der Waals surface area contributed by atoms with Crippen LogP contribution in [0.15, 0.2) is 12.3 Å². The van der Waals surface area contributed by atoms with Crippen molar-refractivity contribution in [2.24, 2.45) is 0 Å². The van der Waals surface area contributed by atoms with Gasteiger partial charge in [-0.1, -0.05) is 0 Å². The van der Waals surface area contributed by atoms with Crippen molar-refractivity contribution >= 4 is 11.3 Å². The van der Waals surface area contributed by atoms with E-state index in [1.54, 1.807) is 24.6 Å². The Morgan fingerprint density at radius 2 is 2.00 bits per heavy atom. The molecule has 0 amide bonds. The molecule has 1 N–H and O–H groups in total. The number of nitrogens with zero attached hydrogens (tertiary/aromatic N) is 1. The molecule has 2 heterocycles. The van der Waals surface area contributed by atoms with Crippen molar-refractivity contribution in [1.29, 1.82) is 0 Å². The highest BCUT2D eigenvalue weighted by atomic mass is 32.1. The molecule has 1 atom stereocenters. The monoisotopic (exact) mass is 291 g/mol. The third-order valence-corrected chi connectivity index (χ3v) is 4.56. The molecule has 108 valence electrons. The van der Waals surface area contributed by atoms with Crippen LogP contribution in [0.25, 0.3) is 0 Å². The number of thiophene rings is 1. The van der Waals surface area contributed by atoms with Crippen LogP contribution in [0.3, 0.4) is 0 Å². The number of methoxy groups -OCH3 is 1. The fraction of sp³-hybridized carbons (Fsp3) is 0.438. The molecule has 0 spiro atoms. The molecule has 0 radical (unpaired) electrons. The van der Waals surface area contributed by atoms with Crippen molar-refractivity contribution in [2.45, 2.75) is 40.2 Å². The molecule has 2 rings (SSSR count). The van der Waals surface area contributed by atoms with Gasteiger partial charge in [0.05, 0.1) is 13.2 Å². The van der Waals surface area contributed by atoms with E-state index in [9.17, 15) is 5.11 Å². The Bertz CT molecular complexity index is 619. The molecule has 0 saturated heterocycles. The summed E-state index contributed by atoms with van der Waals surface area (Å²) >= 11 is 1.72. The van der Waals surface area contributed by atoms with E-state index in [-0.39, 0.29) is 0 Å². The van der Waals surface area contributed by atoms with Crippen LogP contribution in [0.1, 0.15) is 38.2 Å². The quantitative estimate of drug-likeness (QED) is 0.934. The Morgan fingerprint density at radius 1 is 1.30 bits per heavy atom. The summed E-state index contributed by atoms with van der Waals surface area (Å²) in [7, 11) is 1.67. The predicted molar refractivity (Wildman–Crippen MR) is 82.7 cm³/mol. The number of aliphatic hydroxyl groups excluding tert-OH is 1. The summed E-state index contributed by atoms with van der Waals surface area (Å²) in [5, 5.41) is 10.5. The van der Waals surface area contributed by atoms with Crippen LogP contribution in [0.2, 0.25) is 0 Å². The number of hydrogen-bond donors (Lipinski definition) is 1. The molecule has 0 aliphatic carbocycles. The van der Waals surface area contributed by atoms with Crippen LogP contribution in [0.4, 0.5) is 0 Å². The average molecular weight is 291 g/mol. The molecule has 2 aromatic heterocycles. The van der Waals surface area contributed by atoms with Crippen molar-refractivity contribution in [3.63, 3.8) is 0 Å².